The van der Waals surface area contributed by atoms with E-state index in [2.05, 4.69) is 0 Å². The number of ether oxygens (including phenoxy) is 5. The summed E-state index contributed by atoms with van der Waals surface area (Å²) in [6.45, 7) is 4.86. The fourth-order valence-corrected chi connectivity index (χ4v) is 7.33. The van der Waals surface area contributed by atoms with Crippen LogP contribution < -0.4 is 0 Å². The minimum atomic E-state index is -1.08. The average molecular weight is 477 g/mol. The molecule has 5 rings (SSSR count). The molecule has 0 radical (unpaired) electrons. The minimum absolute atomic E-state index is 0.0715. The van der Waals surface area contributed by atoms with Crippen LogP contribution in [-0.2, 0) is 38.1 Å². The molecule has 2 spiro atoms. The van der Waals surface area contributed by atoms with Crippen LogP contribution >= 0.6 is 0 Å². The molecule has 1 aromatic rings. The number of epoxide rings is 1. The van der Waals surface area contributed by atoms with Crippen molar-refractivity contribution in [3.63, 3.8) is 0 Å². The molecule has 186 valence electrons. The van der Waals surface area contributed by atoms with E-state index in [1.807, 2.05) is 13.0 Å². The maximum absolute atomic E-state index is 14.1. The molecule has 0 unspecified atom stereocenters. The number of hydrogen-bond acceptors (Lipinski definition) is 9. The second-order valence-electron chi connectivity index (χ2n) is 10.2. The van der Waals surface area contributed by atoms with Crippen molar-refractivity contribution in [1.29, 1.82) is 0 Å². The smallest absolute Gasteiger partial charge is 0.303 e. The van der Waals surface area contributed by atoms with Gasteiger partial charge in [0.15, 0.2) is 18.2 Å². The summed E-state index contributed by atoms with van der Waals surface area (Å²) in [6, 6.07) is 1.85. The second-order valence-corrected chi connectivity index (χ2v) is 10.2. The van der Waals surface area contributed by atoms with E-state index >= 15 is 0 Å². The molecule has 3 heterocycles. The predicted molar refractivity (Wildman–Crippen MR) is 115 cm³/mol. The van der Waals surface area contributed by atoms with Gasteiger partial charge in [0.2, 0.25) is 0 Å². The van der Waals surface area contributed by atoms with Gasteiger partial charge in [-0.1, -0.05) is 13.3 Å². The molecule has 34 heavy (non-hydrogen) atoms. The van der Waals surface area contributed by atoms with Crippen molar-refractivity contribution in [2.45, 2.75) is 70.6 Å². The third kappa shape index (κ3) is 3.13. The molecule has 4 fully saturated rings. The number of methoxy groups -OCH3 is 1. The van der Waals surface area contributed by atoms with Gasteiger partial charge in [-0.15, -0.1) is 0 Å². The van der Waals surface area contributed by atoms with Crippen molar-refractivity contribution in [2.24, 2.45) is 22.7 Å². The van der Waals surface area contributed by atoms with Crippen molar-refractivity contribution >= 4 is 17.7 Å². The van der Waals surface area contributed by atoms with E-state index in [4.69, 9.17) is 28.1 Å². The van der Waals surface area contributed by atoms with E-state index in [9.17, 15) is 14.4 Å². The molecule has 0 aromatic carbocycles. The highest BCUT2D eigenvalue weighted by Gasteiger charge is 2.80. The first-order valence-corrected chi connectivity index (χ1v) is 11.9. The van der Waals surface area contributed by atoms with Gasteiger partial charge in [0.25, 0.3) is 0 Å². The second kappa shape index (κ2) is 8.17. The number of ketones is 1. The van der Waals surface area contributed by atoms with Crippen LogP contribution in [0.25, 0.3) is 0 Å². The molecule has 9 nitrogen and oxygen atoms in total. The van der Waals surface area contributed by atoms with Crippen molar-refractivity contribution in [3.05, 3.63) is 24.2 Å². The number of Topliss-reactive ketones (excluding diaryl/α,β-unsaturated/α-hetero) is 1. The van der Waals surface area contributed by atoms with Gasteiger partial charge < -0.3 is 28.1 Å². The van der Waals surface area contributed by atoms with Gasteiger partial charge >= 0.3 is 11.9 Å². The molecule has 0 bridgehead atoms. The molecule has 2 saturated carbocycles. The number of furan rings is 1. The molecule has 2 saturated heterocycles. The standard InChI is InChI=1S/C25H32O9/c1-14-20(28)21(33-16(3)27)25(13-31-15(2)26)19(6-5-8-23(25)12-32-23)24(14)10-18(34-22(24)29-4)17-7-9-30-11-17/h7,9,11,14,18-19,21-22H,5-6,8,10,12-13H2,1-4H3/t14-,18+,19-,21+,22+,23+,24-,25+/m1/s1. The zero-order chi connectivity index (χ0) is 24.3. The molecule has 4 aliphatic rings. The van der Waals surface area contributed by atoms with Crippen LogP contribution in [0.2, 0.25) is 0 Å². The Bertz CT molecular complexity index is 967. The fraction of sp³-hybridized carbons (Fsp3) is 0.720. The first-order valence-electron chi connectivity index (χ1n) is 11.9. The largest absolute Gasteiger partial charge is 0.472 e. The lowest BCUT2D eigenvalue weighted by Crippen LogP contribution is -2.72. The van der Waals surface area contributed by atoms with Crippen molar-refractivity contribution in [2.75, 3.05) is 20.3 Å². The summed E-state index contributed by atoms with van der Waals surface area (Å²) in [4.78, 5) is 38.3. The van der Waals surface area contributed by atoms with Crippen LogP contribution in [0.15, 0.2) is 23.0 Å². The summed E-state index contributed by atoms with van der Waals surface area (Å²) >= 11 is 0. The summed E-state index contributed by atoms with van der Waals surface area (Å²) in [7, 11) is 1.58. The number of esters is 2. The van der Waals surface area contributed by atoms with Gasteiger partial charge in [-0.05, 0) is 31.2 Å². The van der Waals surface area contributed by atoms with E-state index in [1.165, 1.54) is 13.8 Å². The summed E-state index contributed by atoms with van der Waals surface area (Å²) in [5, 5.41) is 0. The van der Waals surface area contributed by atoms with Crippen LogP contribution in [0.1, 0.15) is 58.1 Å². The predicted octanol–water partition coefficient (Wildman–Crippen LogP) is 2.97. The van der Waals surface area contributed by atoms with Crippen LogP contribution in [0, 0.1) is 22.7 Å². The van der Waals surface area contributed by atoms with Gasteiger partial charge in [-0.3, -0.25) is 14.4 Å². The van der Waals surface area contributed by atoms with E-state index in [0.717, 1.165) is 18.4 Å². The molecule has 0 amide bonds. The van der Waals surface area contributed by atoms with E-state index in [-0.39, 0.29) is 24.4 Å². The van der Waals surface area contributed by atoms with Crippen molar-refractivity contribution < 1.29 is 42.5 Å². The Morgan fingerprint density at radius 1 is 1.24 bits per heavy atom. The number of hydrogen-bond donors (Lipinski definition) is 0. The zero-order valence-electron chi connectivity index (χ0n) is 20.0. The maximum Gasteiger partial charge on any atom is 0.303 e. The maximum atomic E-state index is 14.1. The number of fused-ring (bicyclic) bond motifs is 3. The van der Waals surface area contributed by atoms with E-state index in [0.29, 0.717) is 19.4 Å². The normalized spacial score (nSPS) is 43.1. The third-order valence-corrected chi connectivity index (χ3v) is 8.84. The summed E-state index contributed by atoms with van der Waals surface area (Å²) in [6.07, 6.45) is 3.98. The summed E-state index contributed by atoms with van der Waals surface area (Å²) in [5.41, 5.74) is -1.60. The quantitative estimate of drug-likeness (QED) is 0.467. The van der Waals surface area contributed by atoms with Gasteiger partial charge in [-0.25, -0.2) is 0 Å². The average Bonchev–Trinajstić information content (AvgIpc) is 3.23. The van der Waals surface area contributed by atoms with Gasteiger partial charge in [0, 0.05) is 37.9 Å². The topological polar surface area (TPSA) is 114 Å². The monoisotopic (exact) mass is 476 g/mol. The Labute approximate surface area is 198 Å². The SMILES string of the molecule is CO[C@H]1O[C@H](c2ccoc2)C[C@]12[C@H](C)C(=O)[C@H](OC(C)=O)[C@]1(COC(C)=O)[C@@H]2CCC[C@]12CO2. The molecule has 9 heteroatoms. The van der Waals surface area contributed by atoms with Crippen LogP contribution in [0.4, 0.5) is 0 Å². The Kier molecular flexibility index (Phi) is 5.65. The molecular weight excluding hydrogens is 444 g/mol. The van der Waals surface area contributed by atoms with Crippen LogP contribution in [0.3, 0.4) is 0 Å². The van der Waals surface area contributed by atoms with Crippen LogP contribution in [-0.4, -0.2) is 56.0 Å². The van der Waals surface area contributed by atoms with Gasteiger partial charge in [-0.2, -0.15) is 0 Å². The van der Waals surface area contributed by atoms with Crippen molar-refractivity contribution in [1.82, 2.24) is 0 Å². The molecule has 1 aromatic heterocycles. The molecular formula is C25H32O9. The van der Waals surface area contributed by atoms with E-state index in [1.54, 1.807) is 19.6 Å². The highest BCUT2D eigenvalue weighted by atomic mass is 16.7. The lowest BCUT2D eigenvalue weighted by Gasteiger charge is -2.62. The highest BCUT2D eigenvalue weighted by molar-refractivity contribution is 5.90. The molecule has 8 atom stereocenters. The molecule has 2 aliphatic heterocycles. The van der Waals surface area contributed by atoms with Gasteiger partial charge in [0.1, 0.15) is 12.2 Å². The van der Waals surface area contributed by atoms with Crippen LogP contribution in [0.5, 0.6) is 0 Å². The fourth-order valence-electron chi connectivity index (χ4n) is 7.33. The zero-order valence-corrected chi connectivity index (χ0v) is 20.0. The summed E-state index contributed by atoms with van der Waals surface area (Å²) in [5.74, 6) is -1.96. The lowest BCUT2D eigenvalue weighted by molar-refractivity contribution is -0.258. The lowest BCUT2D eigenvalue weighted by atomic mass is 9.42. The first-order chi connectivity index (χ1) is 16.2. The summed E-state index contributed by atoms with van der Waals surface area (Å²) < 4.78 is 35.1. The Morgan fingerprint density at radius 3 is 2.59 bits per heavy atom. The molecule has 2 aliphatic carbocycles. The third-order valence-electron chi connectivity index (χ3n) is 8.84. The Balaban J connectivity index is 1.68. The number of carbonyl (C=O) groups excluding carboxylic acids is 3. The van der Waals surface area contributed by atoms with Gasteiger partial charge in [0.05, 0.1) is 30.7 Å². The van der Waals surface area contributed by atoms with Crippen molar-refractivity contribution in [3.8, 4) is 0 Å². The Hall–Kier alpha value is -2.23. The minimum Gasteiger partial charge on any atom is -0.472 e. The number of rotatable bonds is 5. The molecule has 0 N–H and O–H groups in total. The Morgan fingerprint density at radius 2 is 2.00 bits per heavy atom. The first kappa shape index (κ1) is 23.5. The number of carbonyl (C=O) groups is 3. The van der Waals surface area contributed by atoms with E-state index < -0.39 is 46.7 Å². The highest BCUT2D eigenvalue weighted by Crippen LogP contribution is 2.71.